The highest BCUT2D eigenvalue weighted by Crippen LogP contribution is 2.52. The molecule has 9 aromatic rings. The molecule has 0 spiro atoms. The summed E-state index contributed by atoms with van der Waals surface area (Å²) in [6.45, 7) is 0. The summed E-state index contributed by atoms with van der Waals surface area (Å²) in [5.74, 6) is -0.144. The van der Waals surface area contributed by atoms with Gasteiger partial charge in [-0.15, -0.1) is 0 Å². The molecule has 0 N–H and O–H groups in total. The first kappa shape index (κ1) is 31.3. The molecule has 0 aliphatic heterocycles. The third-order valence-corrected chi connectivity index (χ3v) is 11.0. The maximum Gasteiger partial charge on any atom is 0.0998 e. The summed E-state index contributed by atoms with van der Waals surface area (Å²) < 4.78 is 2.40. The van der Waals surface area contributed by atoms with Crippen molar-refractivity contribution in [3.63, 3.8) is 0 Å². The lowest BCUT2D eigenvalue weighted by molar-refractivity contribution is 0.982. The highest BCUT2D eigenvalue weighted by atomic mass is 15.0. The lowest BCUT2D eigenvalue weighted by atomic mass is 9.84. The molecule has 1 unspecified atom stereocenters. The molecular weight excluding hydrogens is 655 g/mol. The van der Waals surface area contributed by atoms with Crippen molar-refractivity contribution in [1.82, 2.24) is 4.57 Å². The van der Waals surface area contributed by atoms with E-state index in [0.717, 1.165) is 66.4 Å². The number of para-hydroxylation sites is 1. The zero-order valence-electron chi connectivity index (χ0n) is 29.2. The summed E-state index contributed by atoms with van der Waals surface area (Å²) in [4.78, 5) is 0. The minimum Gasteiger partial charge on any atom is -0.309 e. The molecular formula is C51H31N3. The third kappa shape index (κ3) is 4.95. The second-order valence-corrected chi connectivity index (χ2v) is 13.9. The van der Waals surface area contributed by atoms with Crippen molar-refractivity contribution in [2.45, 2.75) is 5.92 Å². The van der Waals surface area contributed by atoms with Crippen LogP contribution in [0.4, 0.5) is 0 Å². The van der Waals surface area contributed by atoms with Crippen LogP contribution in [0.1, 0.15) is 33.7 Å². The van der Waals surface area contributed by atoms with Crippen LogP contribution in [0.5, 0.6) is 0 Å². The van der Waals surface area contributed by atoms with Gasteiger partial charge in [0.2, 0.25) is 0 Å². The first-order valence-corrected chi connectivity index (χ1v) is 18.2. The average molecular weight is 686 g/mol. The Balaban J connectivity index is 1.32. The standard InChI is InChI=1S/C51H31N3/c52-31-33-12-11-17-38(26-33)45-30-50(54-48-21-10-9-19-42(48)43-25-23-37(29-49(43)54)35-15-5-2-6-16-35)47(28-39(45)32-53)51-44-20-8-7-18-40(44)41-24-22-36(27-46(41)51)34-13-3-1-4-14-34/h1-30,51H. The van der Waals surface area contributed by atoms with E-state index in [1.807, 2.05) is 30.3 Å². The van der Waals surface area contributed by atoms with E-state index in [2.05, 4.69) is 162 Å². The highest BCUT2D eigenvalue weighted by molar-refractivity contribution is 6.10. The van der Waals surface area contributed by atoms with Crippen molar-refractivity contribution >= 4 is 21.8 Å². The lowest BCUT2D eigenvalue weighted by Crippen LogP contribution is -2.08. The number of nitriles is 2. The number of nitrogens with zero attached hydrogens (tertiary/aromatic N) is 3. The summed E-state index contributed by atoms with van der Waals surface area (Å²) in [6.07, 6.45) is 0. The van der Waals surface area contributed by atoms with Gasteiger partial charge in [-0.25, -0.2) is 0 Å². The number of aromatic nitrogens is 1. The molecule has 10 rings (SSSR count). The number of hydrogen-bond acceptors (Lipinski definition) is 2. The predicted octanol–water partition coefficient (Wildman–Crippen LogP) is 12.7. The Morgan fingerprint density at radius 2 is 1.04 bits per heavy atom. The summed E-state index contributed by atoms with van der Waals surface area (Å²) >= 11 is 0. The Morgan fingerprint density at radius 1 is 0.389 bits per heavy atom. The molecule has 54 heavy (non-hydrogen) atoms. The van der Waals surface area contributed by atoms with Crippen LogP contribution in [0.25, 0.3) is 72.0 Å². The van der Waals surface area contributed by atoms with Gasteiger partial charge in [-0.2, -0.15) is 10.5 Å². The molecule has 0 saturated carbocycles. The Labute approximate surface area is 313 Å². The van der Waals surface area contributed by atoms with Crippen LogP contribution >= 0.6 is 0 Å². The Bertz CT molecular complexity index is 3010. The molecule has 3 nitrogen and oxygen atoms in total. The van der Waals surface area contributed by atoms with Crippen LogP contribution in [0.15, 0.2) is 182 Å². The van der Waals surface area contributed by atoms with Crippen LogP contribution in [0, 0.1) is 22.7 Å². The topological polar surface area (TPSA) is 52.5 Å². The number of benzene rings is 8. The fourth-order valence-corrected chi connectivity index (χ4v) is 8.51. The molecule has 1 aliphatic carbocycles. The maximum absolute atomic E-state index is 10.9. The highest BCUT2D eigenvalue weighted by Gasteiger charge is 2.33. The normalized spacial score (nSPS) is 13.0. The van der Waals surface area contributed by atoms with Gasteiger partial charge < -0.3 is 4.57 Å². The molecule has 1 aliphatic rings. The fraction of sp³-hybridized carbons (Fsp3) is 0.0196. The Hall–Kier alpha value is -7.46. The molecule has 0 amide bonds. The van der Waals surface area contributed by atoms with Crippen molar-refractivity contribution in [2.24, 2.45) is 0 Å². The first-order chi connectivity index (χ1) is 26.7. The van der Waals surface area contributed by atoms with E-state index in [-0.39, 0.29) is 5.92 Å². The summed E-state index contributed by atoms with van der Waals surface area (Å²) in [6, 6.07) is 68.6. The van der Waals surface area contributed by atoms with Gasteiger partial charge in [0.05, 0.1) is 40.0 Å². The van der Waals surface area contributed by atoms with Crippen molar-refractivity contribution < 1.29 is 0 Å². The van der Waals surface area contributed by atoms with E-state index < -0.39 is 0 Å². The Morgan fingerprint density at radius 3 is 1.81 bits per heavy atom. The lowest BCUT2D eigenvalue weighted by Gasteiger charge is -2.23. The van der Waals surface area contributed by atoms with Crippen LogP contribution in [0.2, 0.25) is 0 Å². The smallest absolute Gasteiger partial charge is 0.0998 e. The molecule has 1 heterocycles. The molecule has 0 saturated heterocycles. The molecule has 1 aromatic heterocycles. The van der Waals surface area contributed by atoms with Gasteiger partial charge in [0.25, 0.3) is 0 Å². The van der Waals surface area contributed by atoms with E-state index >= 15 is 0 Å². The largest absolute Gasteiger partial charge is 0.309 e. The number of hydrogen-bond donors (Lipinski definition) is 0. The van der Waals surface area contributed by atoms with E-state index in [1.54, 1.807) is 6.07 Å². The van der Waals surface area contributed by atoms with Gasteiger partial charge in [-0.1, -0.05) is 140 Å². The molecule has 1 atom stereocenters. The van der Waals surface area contributed by atoms with Crippen molar-refractivity contribution in [3.8, 4) is 62.3 Å². The zero-order valence-corrected chi connectivity index (χ0v) is 29.2. The summed E-state index contributed by atoms with van der Waals surface area (Å²) in [5, 5.41) is 23.0. The minimum atomic E-state index is -0.144. The molecule has 0 bridgehead atoms. The molecule has 0 fully saturated rings. The second-order valence-electron chi connectivity index (χ2n) is 13.9. The molecule has 8 aromatic carbocycles. The molecule has 0 radical (unpaired) electrons. The maximum atomic E-state index is 10.9. The monoisotopic (exact) mass is 685 g/mol. The SMILES string of the molecule is N#Cc1cccc(-c2cc(-n3c4ccccc4c4ccc(-c5ccccc5)cc43)c(C3c4ccccc4-c4ccc(-c5ccccc5)cc43)cc2C#N)c1. The van der Waals surface area contributed by atoms with E-state index in [0.29, 0.717) is 11.1 Å². The van der Waals surface area contributed by atoms with Gasteiger partial charge in [0.1, 0.15) is 0 Å². The quantitative estimate of drug-likeness (QED) is 0.181. The van der Waals surface area contributed by atoms with E-state index in [9.17, 15) is 10.5 Å². The van der Waals surface area contributed by atoms with E-state index in [1.165, 1.54) is 22.3 Å². The van der Waals surface area contributed by atoms with Crippen LogP contribution in [0.3, 0.4) is 0 Å². The fourth-order valence-electron chi connectivity index (χ4n) is 8.51. The second kappa shape index (κ2) is 12.6. The van der Waals surface area contributed by atoms with Crippen molar-refractivity contribution in [3.05, 3.63) is 210 Å². The van der Waals surface area contributed by atoms with Gasteiger partial charge in [-0.05, 0) is 98.1 Å². The molecule has 3 heteroatoms. The van der Waals surface area contributed by atoms with Crippen molar-refractivity contribution in [2.75, 3.05) is 0 Å². The van der Waals surface area contributed by atoms with E-state index in [4.69, 9.17) is 0 Å². The Kier molecular flexibility index (Phi) is 7.32. The molecule has 250 valence electrons. The third-order valence-electron chi connectivity index (χ3n) is 11.0. The predicted molar refractivity (Wildman–Crippen MR) is 219 cm³/mol. The van der Waals surface area contributed by atoms with Crippen LogP contribution in [-0.2, 0) is 0 Å². The first-order valence-electron chi connectivity index (χ1n) is 18.2. The number of fused-ring (bicyclic) bond motifs is 6. The van der Waals surface area contributed by atoms with Gasteiger partial charge in [0, 0.05) is 22.3 Å². The van der Waals surface area contributed by atoms with Crippen molar-refractivity contribution in [1.29, 1.82) is 10.5 Å². The van der Waals surface area contributed by atoms with Crippen LogP contribution < -0.4 is 0 Å². The minimum absolute atomic E-state index is 0.144. The van der Waals surface area contributed by atoms with Gasteiger partial charge in [0.15, 0.2) is 0 Å². The zero-order chi connectivity index (χ0) is 36.2. The summed E-state index contributed by atoms with van der Waals surface area (Å²) in [5.41, 5.74) is 16.4. The van der Waals surface area contributed by atoms with Gasteiger partial charge in [-0.3, -0.25) is 0 Å². The number of rotatable bonds is 5. The average Bonchev–Trinajstić information content (AvgIpc) is 3.75. The summed E-state index contributed by atoms with van der Waals surface area (Å²) in [7, 11) is 0. The van der Waals surface area contributed by atoms with Gasteiger partial charge >= 0.3 is 0 Å². The van der Waals surface area contributed by atoms with Crippen LogP contribution in [-0.4, -0.2) is 4.57 Å².